The summed E-state index contributed by atoms with van der Waals surface area (Å²) in [6, 6.07) is 8.08. The van der Waals surface area contributed by atoms with Crippen molar-refractivity contribution in [2.45, 2.75) is 19.8 Å². The first-order chi connectivity index (χ1) is 9.69. The molecule has 1 atom stereocenters. The predicted molar refractivity (Wildman–Crippen MR) is 79.9 cm³/mol. The van der Waals surface area contributed by atoms with E-state index in [9.17, 15) is 4.79 Å². The lowest BCUT2D eigenvalue weighted by Crippen LogP contribution is -2.46. The van der Waals surface area contributed by atoms with Crippen molar-refractivity contribution in [3.8, 4) is 5.75 Å². The largest absolute Gasteiger partial charge is 0.497 e. The smallest absolute Gasteiger partial charge is 0.222 e. The van der Waals surface area contributed by atoms with Gasteiger partial charge in [-0.1, -0.05) is 19.1 Å². The summed E-state index contributed by atoms with van der Waals surface area (Å²) in [6.07, 6.45) is 1.53. The Morgan fingerprint density at radius 1 is 1.40 bits per heavy atom. The Kier molecular flexibility index (Phi) is 5.41. The third-order valence-electron chi connectivity index (χ3n) is 3.71. The van der Waals surface area contributed by atoms with Crippen LogP contribution in [0.3, 0.4) is 0 Å². The van der Waals surface area contributed by atoms with Crippen LogP contribution in [0.5, 0.6) is 5.75 Å². The van der Waals surface area contributed by atoms with Crippen LogP contribution in [-0.2, 0) is 11.2 Å². The van der Waals surface area contributed by atoms with Crippen molar-refractivity contribution in [3.05, 3.63) is 29.8 Å². The second-order valence-corrected chi connectivity index (χ2v) is 5.50. The van der Waals surface area contributed by atoms with E-state index in [0.29, 0.717) is 12.3 Å². The Bertz CT molecular complexity index is 442. The van der Waals surface area contributed by atoms with Crippen molar-refractivity contribution < 1.29 is 9.53 Å². The van der Waals surface area contributed by atoms with Gasteiger partial charge >= 0.3 is 0 Å². The highest BCUT2D eigenvalue weighted by atomic mass is 16.5. The molecule has 1 saturated heterocycles. The van der Waals surface area contributed by atoms with Crippen LogP contribution < -0.4 is 10.1 Å². The maximum atomic E-state index is 12.2. The number of nitrogens with one attached hydrogen (secondary N) is 1. The zero-order valence-electron chi connectivity index (χ0n) is 12.4. The summed E-state index contributed by atoms with van der Waals surface area (Å²) in [6.45, 7) is 5.64. The molecule has 1 N–H and O–H groups in total. The van der Waals surface area contributed by atoms with Crippen LogP contribution >= 0.6 is 0 Å². The normalized spacial score (nSPS) is 16.8. The van der Waals surface area contributed by atoms with Gasteiger partial charge in [0.15, 0.2) is 0 Å². The molecule has 1 aromatic carbocycles. The van der Waals surface area contributed by atoms with E-state index in [1.807, 2.05) is 23.1 Å². The number of hydrogen-bond donors (Lipinski definition) is 1. The number of piperazine rings is 1. The number of amides is 1. The van der Waals surface area contributed by atoms with Gasteiger partial charge in [0, 0.05) is 32.6 Å². The molecule has 1 aliphatic rings. The van der Waals surface area contributed by atoms with Crippen LogP contribution in [0.15, 0.2) is 24.3 Å². The quantitative estimate of drug-likeness (QED) is 0.890. The third-order valence-corrected chi connectivity index (χ3v) is 3.71. The van der Waals surface area contributed by atoms with E-state index >= 15 is 0 Å². The number of nitrogens with zero attached hydrogens (tertiary/aromatic N) is 1. The second-order valence-electron chi connectivity index (χ2n) is 5.50. The average Bonchev–Trinajstić information content (AvgIpc) is 2.48. The third kappa shape index (κ3) is 4.23. The Balaban J connectivity index is 1.84. The molecule has 0 aliphatic carbocycles. The van der Waals surface area contributed by atoms with Crippen LogP contribution in [0.2, 0.25) is 0 Å². The van der Waals surface area contributed by atoms with Crippen LogP contribution in [-0.4, -0.2) is 44.1 Å². The molecular weight excluding hydrogens is 252 g/mol. The summed E-state index contributed by atoms with van der Waals surface area (Å²) >= 11 is 0. The van der Waals surface area contributed by atoms with Crippen LogP contribution in [0, 0.1) is 5.92 Å². The molecule has 20 heavy (non-hydrogen) atoms. The fraction of sp³-hybridized carbons (Fsp3) is 0.562. The molecule has 1 unspecified atom stereocenters. The highest BCUT2D eigenvalue weighted by molar-refractivity contribution is 5.76. The lowest BCUT2D eigenvalue weighted by Gasteiger charge is -2.28. The molecule has 1 fully saturated rings. The van der Waals surface area contributed by atoms with Gasteiger partial charge in [0.2, 0.25) is 5.91 Å². The summed E-state index contributed by atoms with van der Waals surface area (Å²) in [4.78, 5) is 14.2. The van der Waals surface area contributed by atoms with E-state index in [-0.39, 0.29) is 5.91 Å². The molecule has 2 rings (SSSR count). The predicted octanol–water partition coefficient (Wildman–Crippen LogP) is 1.70. The maximum absolute atomic E-state index is 12.2. The number of rotatable bonds is 5. The second kappa shape index (κ2) is 7.29. The summed E-state index contributed by atoms with van der Waals surface area (Å²) in [7, 11) is 1.68. The van der Waals surface area contributed by atoms with E-state index in [2.05, 4.69) is 18.3 Å². The molecule has 0 saturated carbocycles. The van der Waals surface area contributed by atoms with Crippen LogP contribution in [0.4, 0.5) is 0 Å². The maximum Gasteiger partial charge on any atom is 0.222 e. The molecule has 0 spiro atoms. The van der Waals surface area contributed by atoms with E-state index in [0.717, 1.165) is 38.3 Å². The molecule has 1 amide bonds. The van der Waals surface area contributed by atoms with Gasteiger partial charge in [-0.15, -0.1) is 0 Å². The Morgan fingerprint density at radius 3 is 2.85 bits per heavy atom. The zero-order chi connectivity index (χ0) is 14.4. The van der Waals surface area contributed by atoms with Crippen molar-refractivity contribution in [2.24, 2.45) is 5.92 Å². The molecule has 1 heterocycles. The fourth-order valence-corrected chi connectivity index (χ4v) is 2.62. The van der Waals surface area contributed by atoms with Crippen molar-refractivity contribution in [1.29, 1.82) is 0 Å². The van der Waals surface area contributed by atoms with Crippen molar-refractivity contribution >= 4 is 5.91 Å². The lowest BCUT2D eigenvalue weighted by molar-refractivity contribution is -0.132. The highest BCUT2D eigenvalue weighted by Gasteiger charge is 2.18. The molecular formula is C16H24N2O2. The van der Waals surface area contributed by atoms with Gasteiger partial charge in [0.1, 0.15) is 5.75 Å². The average molecular weight is 276 g/mol. The van der Waals surface area contributed by atoms with E-state index in [1.165, 1.54) is 5.56 Å². The van der Waals surface area contributed by atoms with E-state index < -0.39 is 0 Å². The Morgan fingerprint density at radius 2 is 2.15 bits per heavy atom. The van der Waals surface area contributed by atoms with Gasteiger partial charge in [-0.2, -0.15) is 0 Å². The number of hydrogen-bond acceptors (Lipinski definition) is 3. The minimum atomic E-state index is 0.280. The molecule has 1 aromatic rings. The monoisotopic (exact) mass is 276 g/mol. The molecule has 4 nitrogen and oxygen atoms in total. The van der Waals surface area contributed by atoms with Crippen molar-refractivity contribution in [1.82, 2.24) is 10.2 Å². The zero-order valence-corrected chi connectivity index (χ0v) is 12.4. The Hall–Kier alpha value is -1.55. The number of carbonyl (C=O) groups is 1. The Labute approximate surface area is 121 Å². The molecule has 0 aromatic heterocycles. The fourth-order valence-electron chi connectivity index (χ4n) is 2.62. The number of ether oxygens (including phenoxy) is 1. The van der Waals surface area contributed by atoms with Gasteiger partial charge in [0.25, 0.3) is 0 Å². The number of benzene rings is 1. The highest BCUT2D eigenvalue weighted by Crippen LogP contribution is 2.18. The molecule has 0 radical (unpaired) electrons. The van der Waals surface area contributed by atoms with E-state index in [4.69, 9.17) is 4.74 Å². The topological polar surface area (TPSA) is 41.6 Å². The summed E-state index contributed by atoms with van der Waals surface area (Å²) in [5, 5.41) is 3.27. The summed E-state index contributed by atoms with van der Waals surface area (Å²) < 4.78 is 5.23. The minimum Gasteiger partial charge on any atom is -0.497 e. The number of methoxy groups -OCH3 is 1. The van der Waals surface area contributed by atoms with E-state index in [1.54, 1.807) is 7.11 Å². The first-order valence-corrected chi connectivity index (χ1v) is 7.30. The van der Waals surface area contributed by atoms with Gasteiger partial charge in [-0.05, 0) is 30.0 Å². The molecule has 4 heteroatoms. The molecule has 110 valence electrons. The van der Waals surface area contributed by atoms with Crippen LogP contribution in [0.25, 0.3) is 0 Å². The molecule has 1 aliphatic heterocycles. The first-order valence-electron chi connectivity index (χ1n) is 7.30. The minimum absolute atomic E-state index is 0.280. The summed E-state index contributed by atoms with van der Waals surface area (Å²) in [5.74, 6) is 1.51. The van der Waals surface area contributed by atoms with Crippen molar-refractivity contribution in [3.63, 3.8) is 0 Å². The van der Waals surface area contributed by atoms with Crippen molar-refractivity contribution in [2.75, 3.05) is 33.3 Å². The van der Waals surface area contributed by atoms with Crippen LogP contribution in [0.1, 0.15) is 18.9 Å². The molecule has 0 bridgehead atoms. The number of carbonyl (C=O) groups excluding carboxylic acids is 1. The van der Waals surface area contributed by atoms with Gasteiger partial charge in [-0.25, -0.2) is 0 Å². The standard InChI is InChI=1S/C16H24N2O2/c1-13(10-14-4-3-5-15(12-14)20-2)11-16(19)18-8-6-17-7-9-18/h3-5,12-13,17H,6-11H2,1-2H3. The van der Waals surface area contributed by atoms with Gasteiger partial charge < -0.3 is 15.0 Å². The SMILES string of the molecule is COc1cccc(CC(C)CC(=O)N2CCNCC2)c1. The lowest BCUT2D eigenvalue weighted by atomic mass is 9.97. The first kappa shape index (κ1) is 14.9. The van der Waals surface area contributed by atoms with Gasteiger partial charge in [0.05, 0.1) is 7.11 Å². The van der Waals surface area contributed by atoms with Gasteiger partial charge in [-0.3, -0.25) is 4.79 Å². The summed E-state index contributed by atoms with van der Waals surface area (Å²) in [5.41, 5.74) is 1.23.